The van der Waals surface area contributed by atoms with Crippen LogP contribution in [0.15, 0.2) is 42.5 Å². The van der Waals surface area contributed by atoms with Crippen molar-refractivity contribution in [1.82, 2.24) is 0 Å². The highest BCUT2D eigenvalue weighted by Crippen LogP contribution is 2.19. The minimum absolute atomic E-state index is 0.156. The van der Waals surface area contributed by atoms with Crippen LogP contribution in [0.4, 0.5) is 10.1 Å². The van der Waals surface area contributed by atoms with Crippen molar-refractivity contribution < 1.29 is 19.1 Å². The number of primary amides is 1. The van der Waals surface area contributed by atoms with Gasteiger partial charge in [0.2, 0.25) is 0 Å². The fraction of sp³-hybridized carbons (Fsp3) is 0.0667. The normalized spacial score (nSPS) is 10.1. The highest BCUT2D eigenvalue weighted by atomic mass is 19.1. The molecule has 108 valence electrons. The third-order valence-corrected chi connectivity index (χ3v) is 2.92. The van der Waals surface area contributed by atoms with Crippen LogP contribution in [-0.2, 0) is 6.54 Å². The molecule has 0 unspecified atom stereocenters. The van der Waals surface area contributed by atoms with Gasteiger partial charge in [-0.2, -0.15) is 0 Å². The largest absolute Gasteiger partial charge is 0.478 e. The predicted octanol–water partition coefficient (Wildman–Crippen LogP) is 2.23. The van der Waals surface area contributed by atoms with Gasteiger partial charge in [-0.05, 0) is 29.8 Å². The summed E-state index contributed by atoms with van der Waals surface area (Å²) in [6.45, 7) is 0.241. The summed E-state index contributed by atoms with van der Waals surface area (Å²) < 4.78 is 13.6. The number of hydrogen-bond acceptors (Lipinski definition) is 3. The highest BCUT2D eigenvalue weighted by molar-refractivity contribution is 5.98. The summed E-state index contributed by atoms with van der Waals surface area (Å²) >= 11 is 0. The van der Waals surface area contributed by atoms with Crippen molar-refractivity contribution in [3.05, 3.63) is 65.0 Å². The Morgan fingerprint density at radius 2 is 1.90 bits per heavy atom. The second kappa shape index (κ2) is 6.04. The second-order valence-electron chi connectivity index (χ2n) is 4.39. The molecular formula is C15H13FN2O3. The van der Waals surface area contributed by atoms with Gasteiger partial charge in [0.05, 0.1) is 16.8 Å². The molecular weight excluding hydrogens is 275 g/mol. The first kappa shape index (κ1) is 14.5. The Kier molecular flexibility index (Phi) is 4.18. The standard InChI is InChI=1S/C15H13FN2O3/c16-11-5-2-6-12(13(11)14(17)19)18-8-9-3-1-4-10(7-9)15(20)21/h1-7,18H,8H2,(H2,17,19)(H,20,21). The number of anilines is 1. The quantitative estimate of drug-likeness (QED) is 0.786. The maximum atomic E-state index is 13.6. The van der Waals surface area contributed by atoms with E-state index in [0.717, 1.165) is 6.07 Å². The zero-order valence-corrected chi connectivity index (χ0v) is 11.0. The van der Waals surface area contributed by atoms with Gasteiger partial charge in [0.25, 0.3) is 5.91 Å². The first-order chi connectivity index (χ1) is 9.99. The van der Waals surface area contributed by atoms with E-state index >= 15 is 0 Å². The summed E-state index contributed by atoms with van der Waals surface area (Å²) in [5.41, 5.74) is 6.05. The number of carboxylic acids is 1. The summed E-state index contributed by atoms with van der Waals surface area (Å²) in [5.74, 6) is -2.60. The van der Waals surface area contributed by atoms with Crippen molar-refractivity contribution in [2.75, 3.05) is 5.32 Å². The van der Waals surface area contributed by atoms with Crippen molar-refractivity contribution in [1.29, 1.82) is 0 Å². The van der Waals surface area contributed by atoms with Crippen LogP contribution < -0.4 is 11.1 Å². The van der Waals surface area contributed by atoms with E-state index in [0.29, 0.717) is 5.56 Å². The molecule has 0 aliphatic carbocycles. The molecule has 0 aromatic heterocycles. The van der Waals surface area contributed by atoms with Crippen molar-refractivity contribution in [2.24, 2.45) is 5.73 Å². The minimum atomic E-state index is -1.03. The number of carboxylic acid groups (broad SMARTS) is 1. The molecule has 2 aromatic carbocycles. The zero-order valence-electron chi connectivity index (χ0n) is 11.0. The van der Waals surface area contributed by atoms with E-state index in [4.69, 9.17) is 10.8 Å². The molecule has 4 N–H and O–H groups in total. The molecule has 0 bridgehead atoms. The average Bonchev–Trinajstić information content (AvgIpc) is 2.45. The third-order valence-electron chi connectivity index (χ3n) is 2.92. The maximum absolute atomic E-state index is 13.6. The molecule has 0 saturated heterocycles. The minimum Gasteiger partial charge on any atom is -0.478 e. The zero-order chi connectivity index (χ0) is 15.4. The number of nitrogens with one attached hydrogen (secondary N) is 1. The highest BCUT2D eigenvalue weighted by Gasteiger charge is 2.13. The van der Waals surface area contributed by atoms with Gasteiger partial charge >= 0.3 is 5.97 Å². The Bertz CT molecular complexity index is 701. The number of hydrogen-bond donors (Lipinski definition) is 3. The molecule has 21 heavy (non-hydrogen) atoms. The number of carbonyl (C=O) groups is 2. The Labute approximate surface area is 120 Å². The van der Waals surface area contributed by atoms with Crippen LogP contribution >= 0.6 is 0 Å². The topological polar surface area (TPSA) is 92.4 Å². The van der Waals surface area contributed by atoms with Gasteiger partial charge in [-0.25, -0.2) is 9.18 Å². The van der Waals surface area contributed by atoms with Crippen molar-refractivity contribution >= 4 is 17.6 Å². The Hall–Kier alpha value is -2.89. The summed E-state index contributed by atoms with van der Waals surface area (Å²) in [7, 11) is 0. The molecule has 0 aliphatic rings. The van der Waals surface area contributed by atoms with E-state index in [1.165, 1.54) is 24.3 Å². The maximum Gasteiger partial charge on any atom is 0.335 e. The second-order valence-corrected chi connectivity index (χ2v) is 4.39. The number of nitrogens with two attached hydrogens (primary N) is 1. The lowest BCUT2D eigenvalue weighted by Gasteiger charge is -2.11. The predicted molar refractivity (Wildman–Crippen MR) is 75.6 cm³/mol. The fourth-order valence-electron chi connectivity index (χ4n) is 1.93. The molecule has 0 radical (unpaired) electrons. The molecule has 2 rings (SSSR count). The van der Waals surface area contributed by atoms with Gasteiger partial charge in [0.1, 0.15) is 5.82 Å². The van der Waals surface area contributed by atoms with E-state index in [1.807, 2.05) is 0 Å². The van der Waals surface area contributed by atoms with Crippen LogP contribution in [-0.4, -0.2) is 17.0 Å². The van der Waals surface area contributed by atoms with Gasteiger partial charge in [-0.3, -0.25) is 4.79 Å². The van der Waals surface area contributed by atoms with Crippen molar-refractivity contribution in [3.63, 3.8) is 0 Å². The number of rotatable bonds is 5. The first-order valence-electron chi connectivity index (χ1n) is 6.13. The fourth-order valence-corrected chi connectivity index (χ4v) is 1.93. The summed E-state index contributed by atoms with van der Waals surface area (Å²) in [5, 5.41) is 11.8. The lowest BCUT2D eigenvalue weighted by molar-refractivity contribution is 0.0696. The lowest BCUT2D eigenvalue weighted by atomic mass is 10.1. The van der Waals surface area contributed by atoms with Crippen LogP contribution in [0.1, 0.15) is 26.3 Å². The molecule has 0 aliphatic heterocycles. The lowest BCUT2D eigenvalue weighted by Crippen LogP contribution is -2.16. The van der Waals surface area contributed by atoms with Crippen LogP contribution in [0, 0.1) is 5.82 Å². The average molecular weight is 288 g/mol. The Morgan fingerprint density at radius 1 is 1.19 bits per heavy atom. The summed E-state index contributed by atoms with van der Waals surface area (Å²) in [6, 6.07) is 10.4. The van der Waals surface area contributed by atoms with Gasteiger partial charge in [0.15, 0.2) is 0 Å². The van der Waals surface area contributed by atoms with Crippen molar-refractivity contribution in [3.8, 4) is 0 Å². The van der Waals surface area contributed by atoms with Crippen molar-refractivity contribution in [2.45, 2.75) is 6.54 Å². The van der Waals surface area contributed by atoms with E-state index in [9.17, 15) is 14.0 Å². The van der Waals surface area contributed by atoms with E-state index in [-0.39, 0.29) is 23.4 Å². The van der Waals surface area contributed by atoms with Crippen LogP contribution in [0.5, 0.6) is 0 Å². The number of carbonyl (C=O) groups excluding carboxylic acids is 1. The van der Waals surface area contributed by atoms with Gasteiger partial charge < -0.3 is 16.2 Å². The number of halogens is 1. The van der Waals surface area contributed by atoms with E-state index < -0.39 is 17.7 Å². The van der Waals surface area contributed by atoms with Crippen LogP contribution in [0.3, 0.4) is 0 Å². The SMILES string of the molecule is NC(=O)c1c(F)cccc1NCc1cccc(C(=O)O)c1. The Morgan fingerprint density at radius 3 is 2.57 bits per heavy atom. The molecule has 0 spiro atoms. The monoisotopic (exact) mass is 288 g/mol. The molecule has 0 atom stereocenters. The number of benzene rings is 2. The first-order valence-corrected chi connectivity index (χ1v) is 6.13. The molecule has 2 aromatic rings. The molecule has 0 fully saturated rings. The number of amides is 1. The molecule has 0 heterocycles. The molecule has 0 saturated carbocycles. The summed E-state index contributed by atoms with van der Waals surface area (Å²) in [6.07, 6.45) is 0. The van der Waals surface area contributed by atoms with E-state index in [1.54, 1.807) is 12.1 Å². The molecule has 1 amide bonds. The van der Waals surface area contributed by atoms with Gasteiger partial charge in [-0.1, -0.05) is 18.2 Å². The van der Waals surface area contributed by atoms with Gasteiger partial charge in [-0.15, -0.1) is 0 Å². The van der Waals surface area contributed by atoms with Gasteiger partial charge in [0, 0.05) is 6.54 Å². The van der Waals surface area contributed by atoms with E-state index in [2.05, 4.69) is 5.32 Å². The Balaban J connectivity index is 2.21. The summed E-state index contributed by atoms with van der Waals surface area (Å²) in [4.78, 5) is 22.1. The molecule has 6 heteroatoms. The van der Waals surface area contributed by atoms with Crippen LogP contribution in [0.25, 0.3) is 0 Å². The third kappa shape index (κ3) is 3.36. The molecule has 5 nitrogen and oxygen atoms in total. The number of aromatic carboxylic acids is 1. The smallest absolute Gasteiger partial charge is 0.335 e. The van der Waals surface area contributed by atoms with Crippen LogP contribution in [0.2, 0.25) is 0 Å².